The predicted octanol–water partition coefficient (Wildman–Crippen LogP) is 6.99. The minimum Gasteiger partial charge on any atom is -0.496 e. The third-order valence-electron chi connectivity index (χ3n) is 9.02. The molecule has 3 aromatic carbocycles. The number of fused-ring (bicyclic) bond motifs is 5. The van der Waals surface area contributed by atoms with Crippen LogP contribution in [0.3, 0.4) is 0 Å². The Labute approximate surface area is 282 Å². The van der Waals surface area contributed by atoms with Gasteiger partial charge in [-0.3, -0.25) is 10.1 Å². The van der Waals surface area contributed by atoms with Gasteiger partial charge in [-0.05, 0) is 47.9 Å². The number of methoxy groups -OCH3 is 1. The molecule has 2 bridgehead atoms. The zero-order valence-corrected chi connectivity index (χ0v) is 28.3. The maximum atomic E-state index is 13.4. The van der Waals surface area contributed by atoms with E-state index in [0.717, 1.165) is 23.1 Å². The van der Waals surface area contributed by atoms with Crippen LogP contribution in [0.15, 0.2) is 60.7 Å². The fraction of sp³-hybridized carbons (Fsp3) is 0.412. The SMILES string of the molecule is COc1cc(NC(=O)CCCc2ccc(-c3ccccc3)c(NC(=O)OC3CC(C)(C)C4C5OC5C3N4I)c2)c(Cl)cc1CO. The molecule has 3 saturated heterocycles. The molecule has 238 valence electrons. The summed E-state index contributed by atoms with van der Waals surface area (Å²) in [5, 5.41) is 15.7. The van der Waals surface area contributed by atoms with Crippen LogP contribution in [0.5, 0.6) is 5.75 Å². The van der Waals surface area contributed by atoms with Gasteiger partial charge in [-0.15, -0.1) is 0 Å². The summed E-state index contributed by atoms with van der Waals surface area (Å²) in [5.74, 6) is 0.264. The first-order valence-electron chi connectivity index (χ1n) is 15.1. The Morgan fingerprint density at radius 2 is 1.87 bits per heavy atom. The number of aryl methyl sites for hydroxylation is 1. The minimum atomic E-state index is -0.489. The zero-order chi connectivity index (χ0) is 31.9. The molecule has 45 heavy (non-hydrogen) atoms. The Morgan fingerprint density at radius 1 is 1.09 bits per heavy atom. The molecule has 0 saturated carbocycles. The van der Waals surface area contributed by atoms with Crippen molar-refractivity contribution in [2.24, 2.45) is 5.41 Å². The van der Waals surface area contributed by atoms with Crippen molar-refractivity contribution in [3.63, 3.8) is 0 Å². The van der Waals surface area contributed by atoms with E-state index in [4.69, 9.17) is 25.8 Å². The first-order chi connectivity index (χ1) is 21.6. The molecule has 5 atom stereocenters. The van der Waals surface area contributed by atoms with Gasteiger partial charge >= 0.3 is 6.09 Å². The van der Waals surface area contributed by atoms with E-state index in [2.05, 4.69) is 50.5 Å². The molecule has 3 aliphatic rings. The fourth-order valence-corrected chi connectivity index (χ4v) is 8.80. The third kappa shape index (κ3) is 6.66. The molecule has 2 amide bonds. The molecule has 3 N–H and O–H groups in total. The lowest BCUT2D eigenvalue weighted by Gasteiger charge is -2.46. The van der Waals surface area contributed by atoms with E-state index in [1.165, 1.54) is 7.11 Å². The van der Waals surface area contributed by atoms with Gasteiger partial charge in [0.1, 0.15) is 24.1 Å². The summed E-state index contributed by atoms with van der Waals surface area (Å²) in [6.07, 6.45) is 1.82. The molecular weight excluding hydrogens is 709 g/mol. The number of halogens is 2. The maximum absolute atomic E-state index is 13.4. The molecule has 3 heterocycles. The van der Waals surface area contributed by atoms with Crippen LogP contribution in [-0.4, -0.2) is 57.7 Å². The molecule has 6 rings (SSSR count). The average Bonchev–Trinajstić information content (AvgIpc) is 3.71. The highest BCUT2D eigenvalue weighted by Gasteiger charge is 2.70. The molecule has 11 heteroatoms. The van der Waals surface area contributed by atoms with Gasteiger partial charge in [0.2, 0.25) is 5.91 Å². The summed E-state index contributed by atoms with van der Waals surface area (Å²) in [7, 11) is 1.50. The van der Waals surface area contributed by atoms with Crippen LogP contribution in [-0.2, 0) is 27.3 Å². The highest BCUT2D eigenvalue weighted by Crippen LogP contribution is 2.57. The van der Waals surface area contributed by atoms with Crippen LogP contribution in [0.25, 0.3) is 11.1 Å². The van der Waals surface area contributed by atoms with Crippen molar-refractivity contribution >= 4 is 57.8 Å². The first kappa shape index (κ1) is 32.1. The number of carbonyl (C=O) groups is 2. The fourth-order valence-electron chi connectivity index (χ4n) is 6.82. The number of carbonyl (C=O) groups excluding carboxylic acids is 2. The molecule has 9 nitrogen and oxygen atoms in total. The number of morpholine rings is 1. The van der Waals surface area contributed by atoms with E-state index in [1.807, 2.05) is 48.5 Å². The van der Waals surface area contributed by atoms with E-state index in [1.54, 1.807) is 12.1 Å². The van der Waals surface area contributed by atoms with Crippen LogP contribution in [0.2, 0.25) is 5.02 Å². The van der Waals surface area contributed by atoms with Gasteiger partial charge in [0.05, 0.1) is 42.2 Å². The molecule has 5 unspecified atom stereocenters. The van der Waals surface area contributed by atoms with Crippen LogP contribution in [0.1, 0.15) is 44.2 Å². The number of piperidine rings is 1. The molecular formula is C34H37ClIN3O6. The minimum absolute atomic E-state index is 0.0414. The molecule has 3 aliphatic heterocycles. The van der Waals surface area contributed by atoms with E-state index < -0.39 is 6.09 Å². The van der Waals surface area contributed by atoms with E-state index in [0.29, 0.717) is 46.6 Å². The number of nitrogens with zero attached hydrogens (tertiary/aromatic N) is 1. The van der Waals surface area contributed by atoms with Gasteiger partial charge in [0, 0.05) is 46.5 Å². The molecule has 0 spiro atoms. The second-order valence-electron chi connectivity index (χ2n) is 12.6. The summed E-state index contributed by atoms with van der Waals surface area (Å²) in [6, 6.07) is 19.4. The van der Waals surface area contributed by atoms with Crippen LogP contribution in [0.4, 0.5) is 16.2 Å². The van der Waals surface area contributed by atoms with Crippen molar-refractivity contribution in [1.29, 1.82) is 0 Å². The number of hydrogen-bond acceptors (Lipinski definition) is 7. The highest BCUT2D eigenvalue weighted by molar-refractivity contribution is 14.1. The summed E-state index contributed by atoms with van der Waals surface area (Å²) in [5.41, 5.74) is 4.42. The van der Waals surface area contributed by atoms with Gasteiger partial charge in [0.25, 0.3) is 0 Å². The third-order valence-corrected chi connectivity index (χ3v) is 10.6. The number of aliphatic hydroxyl groups excluding tert-OH is 1. The number of anilines is 2. The van der Waals surface area contributed by atoms with Crippen molar-refractivity contribution < 1.29 is 28.9 Å². The van der Waals surface area contributed by atoms with Crippen molar-refractivity contribution in [2.45, 2.75) is 76.5 Å². The standard InChI is InChI=1S/C34H37ClIN3O6/c1-34(2)17-27(29-30-31(45-30)32(34)39(29)36)44-33(42)38-24-14-19(12-13-22(24)20-9-5-4-6-10-20)8-7-11-28(41)37-25-16-26(43-3)21(18-40)15-23(25)35/h4-6,9-10,12-16,27,29-32,40H,7-8,11,17-18H2,1-3H3,(H,37,41)(H,38,42). The predicted molar refractivity (Wildman–Crippen MR) is 182 cm³/mol. The Kier molecular flexibility index (Phi) is 9.31. The van der Waals surface area contributed by atoms with Gasteiger partial charge in [-0.25, -0.2) is 7.91 Å². The number of nitrogens with one attached hydrogen (secondary N) is 2. The Morgan fingerprint density at radius 3 is 2.60 bits per heavy atom. The number of benzene rings is 3. The zero-order valence-electron chi connectivity index (χ0n) is 25.4. The Hall–Kier alpha value is -2.90. The number of amides is 2. The van der Waals surface area contributed by atoms with Gasteiger partial charge in [-0.2, -0.15) is 0 Å². The number of aliphatic hydroxyl groups is 1. The lowest BCUT2D eigenvalue weighted by Crippen LogP contribution is -2.56. The number of epoxide rings is 1. The van der Waals surface area contributed by atoms with E-state index in [-0.39, 0.29) is 48.7 Å². The summed E-state index contributed by atoms with van der Waals surface area (Å²) < 4.78 is 19.7. The summed E-state index contributed by atoms with van der Waals surface area (Å²) >= 11 is 8.68. The first-order valence-corrected chi connectivity index (χ1v) is 16.5. The van der Waals surface area contributed by atoms with Gasteiger partial charge in [0.15, 0.2) is 0 Å². The van der Waals surface area contributed by atoms with E-state index >= 15 is 0 Å². The van der Waals surface area contributed by atoms with Crippen molar-refractivity contribution in [1.82, 2.24) is 3.11 Å². The monoisotopic (exact) mass is 745 g/mol. The highest BCUT2D eigenvalue weighted by atomic mass is 127. The number of rotatable bonds is 10. The molecule has 0 aromatic heterocycles. The maximum Gasteiger partial charge on any atom is 0.411 e. The topological polar surface area (TPSA) is 113 Å². The van der Waals surface area contributed by atoms with Crippen LogP contribution < -0.4 is 15.4 Å². The lowest BCUT2D eigenvalue weighted by molar-refractivity contribution is -0.116. The molecule has 0 aliphatic carbocycles. The number of ether oxygens (including phenoxy) is 3. The van der Waals surface area contributed by atoms with Crippen molar-refractivity contribution in [3.8, 4) is 16.9 Å². The quantitative estimate of drug-likeness (QED) is 0.117. The number of hydrogen-bond donors (Lipinski definition) is 3. The lowest BCUT2D eigenvalue weighted by atomic mass is 9.77. The largest absolute Gasteiger partial charge is 0.496 e. The Balaban J connectivity index is 1.12. The second kappa shape index (κ2) is 13.1. The van der Waals surface area contributed by atoms with Crippen molar-refractivity contribution in [2.75, 3.05) is 17.7 Å². The second-order valence-corrected chi connectivity index (χ2v) is 14.1. The van der Waals surface area contributed by atoms with Gasteiger partial charge in [-0.1, -0.05) is 67.9 Å². The van der Waals surface area contributed by atoms with Crippen LogP contribution in [0, 0.1) is 5.41 Å². The van der Waals surface area contributed by atoms with Gasteiger partial charge < -0.3 is 24.6 Å². The van der Waals surface area contributed by atoms with Crippen LogP contribution >= 0.6 is 34.5 Å². The van der Waals surface area contributed by atoms with E-state index in [9.17, 15) is 14.7 Å². The molecule has 3 fully saturated rings. The normalized spacial score (nSPS) is 24.4. The Bertz CT molecular complexity index is 1590. The molecule has 0 radical (unpaired) electrons. The summed E-state index contributed by atoms with van der Waals surface area (Å²) in [6.45, 7) is 4.21. The summed E-state index contributed by atoms with van der Waals surface area (Å²) in [4.78, 5) is 26.1. The molecule has 3 aromatic rings. The average molecular weight is 746 g/mol. The smallest absolute Gasteiger partial charge is 0.411 e. The van der Waals surface area contributed by atoms with Crippen molar-refractivity contribution in [3.05, 3.63) is 76.8 Å².